The Kier molecular flexibility index (Phi) is 9.17. The molecule has 0 radical (unpaired) electrons. The Bertz CT molecular complexity index is 2310. The zero-order valence-electron chi connectivity index (χ0n) is 32.5. The molecule has 3 aliphatic carbocycles. The fraction of sp³-hybridized carbons (Fsp3) is 0.458. The molecular formula is C48H50N4O5. The quantitative estimate of drug-likeness (QED) is 0.186. The van der Waals surface area contributed by atoms with Crippen molar-refractivity contribution in [3.8, 4) is 35.4 Å². The number of aliphatic imine (C=N–C) groups is 1. The van der Waals surface area contributed by atoms with Crippen LogP contribution in [0.3, 0.4) is 0 Å². The molecule has 2 bridgehead atoms. The predicted molar refractivity (Wildman–Crippen MR) is 218 cm³/mol. The second kappa shape index (κ2) is 14.4. The number of nitrogens with one attached hydrogen (secondary N) is 1. The number of carbonyl (C=O) groups excluding carboxylic acids is 1. The Morgan fingerprint density at radius 3 is 2.81 bits per heavy atom. The number of hydrogen-bond acceptors (Lipinski definition) is 9. The number of rotatable bonds is 6. The molecule has 0 unspecified atom stereocenters. The Morgan fingerprint density at radius 1 is 1.11 bits per heavy atom. The summed E-state index contributed by atoms with van der Waals surface area (Å²) in [7, 11) is 0. The number of allylic oxidation sites excluding steroid dienone is 3. The van der Waals surface area contributed by atoms with Gasteiger partial charge in [0.2, 0.25) is 0 Å². The van der Waals surface area contributed by atoms with Gasteiger partial charge in [0.15, 0.2) is 17.7 Å². The molecular weight excluding hydrogens is 713 g/mol. The molecule has 8 atom stereocenters. The van der Waals surface area contributed by atoms with E-state index in [1.807, 2.05) is 42.7 Å². The summed E-state index contributed by atoms with van der Waals surface area (Å²) >= 11 is 0. The van der Waals surface area contributed by atoms with Crippen molar-refractivity contribution in [2.24, 2.45) is 33.9 Å². The zero-order chi connectivity index (χ0) is 38.8. The number of benzene rings is 2. The summed E-state index contributed by atoms with van der Waals surface area (Å²) in [5.41, 5.74) is 15.6. The number of ketones is 1. The lowest BCUT2D eigenvalue weighted by Crippen LogP contribution is -2.47. The van der Waals surface area contributed by atoms with Gasteiger partial charge in [-0.05, 0) is 102 Å². The molecule has 5 N–H and O–H groups in total. The Balaban J connectivity index is 1.01. The van der Waals surface area contributed by atoms with E-state index in [-0.39, 0.29) is 30.2 Å². The fourth-order valence-electron chi connectivity index (χ4n) is 10.6. The lowest BCUT2D eigenvalue weighted by Gasteiger charge is -2.39. The van der Waals surface area contributed by atoms with Crippen LogP contribution >= 0.6 is 0 Å². The second-order valence-electron chi connectivity index (χ2n) is 17.4. The third-order valence-corrected chi connectivity index (χ3v) is 13.8. The van der Waals surface area contributed by atoms with E-state index in [1.165, 1.54) is 5.57 Å². The van der Waals surface area contributed by atoms with Gasteiger partial charge in [0.25, 0.3) is 0 Å². The molecule has 1 fully saturated rings. The Hall–Kier alpha value is -5.06. The van der Waals surface area contributed by atoms with E-state index in [4.69, 9.17) is 20.2 Å². The lowest BCUT2D eigenvalue weighted by molar-refractivity contribution is -0.121. The monoisotopic (exact) mass is 762 g/mol. The number of ether oxygens (including phenoxy) is 2. The minimum Gasteiger partial charge on any atom is -0.465 e. The van der Waals surface area contributed by atoms with Gasteiger partial charge in [-0.25, -0.2) is 0 Å². The molecule has 292 valence electrons. The highest BCUT2D eigenvalue weighted by molar-refractivity contribution is 6.10. The van der Waals surface area contributed by atoms with E-state index in [0.717, 1.165) is 96.0 Å². The molecule has 57 heavy (non-hydrogen) atoms. The summed E-state index contributed by atoms with van der Waals surface area (Å²) in [6.07, 6.45) is 19.4. The predicted octanol–water partition coefficient (Wildman–Crippen LogP) is 6.84. The van der Waals surface area contributed by atoms with Gasteiger partial charge in [0.1, 0.15) is 24.2 Å². The highest BCUT2D eigenvalue weighted by Gasteiger charge is 2.49. The van der Waals surface area contributed by atoms with Crippen molar-refractivity contribution in [3.05, 3.63) is 100 Å². The van der Waals surface area contributed by atoms with Crippen LogP contribution in [-0.4, -0.2) is 45.5 Å². The van der Waals surface area contributed by atoms with Crippen LogP contribution in [0.2, 0.25) is 0 Å². The van der Waals surface area contributed by atoms with Crippen molar-refractivity contribution in [2.45, 2.75) is 108 Å². The van der Waals surface area contributed by atoms with Crippen LogP contribution in [0.15, 0.2) is 77.2 Å². The van der Waals surface area contributed by atoms with Crippen molar-refractivity contribution in [1.82, 2.24) is 10.2 Å². The average Bonchev–Trinajstić information content (AvgIpc) is 3.96. The van der Waals surface area contributed by atoms with E-state index in [9.17, 15) is 15.0 Å². The Labute approximate surface area is 334 Å². The number of aryl methyl sites for hydroxylation is 1. The number of fused-ring (bicyclic) bond motifs is 6. The van der Waals surface area contributed by atoms with Gasteiger partial charge >= 0.3 is 0 Å². The standard InChI is InChI=1S/C48H50N4O5/c1-28-4-8-30(9-5-28)41(55)23-32(53)11-6-29-7-17-42-43(22-29)57-47-38(48(20-21-56-42)18-2-3-19-48)15-16-40(54)34-13-14-35-44-31(24-51-46(35)49)10-12-33(45(34)44)36-25-50-39-27-52(47)26-37(36)39/h4,7-8,13-14,17,22,24-26,28,30,33,38,40-41,46-47,51,54-55H,2-3,5-6,9-12,18-19,23,27,49H2,1H3/t28-,30-,33+,38+,40-,41-,46-,47-/m0/s1. The van der Waals surface area contributed by atoms with Crippen LogP contribution < -0.4 is 20.5 Å². The molecule has 0 saturated heterocycles. The summed E-state index contributed by atoms with van der Waals surface area (Å²) in [5, 5.41) is 26.3. The molecule has 2 aromatic carbocycles. The topological polar surface area (TPSA) is 130 Å². The van der Waals surface area contributed by atoms with Gasteiger partial charge < -0.3 is 35.6 Å². The first kappa shape index (κ1) is 36.3. The van der Waals surface area contributed by atoms with Crippen molar-refractivity contribution >= 4 is 17.1 Å². The van der Waals surface area contributed by atoms with Gasteiger partial charge in [-0.1, -0.05) is 67.9 Å². The van der Waals surface area contributed by atoms with Gasteiger partial charge in [-0.3, -0.25) is 9.79 Å². The number of nitrogens with zero attached hydrogens (tertiary/aromatic N) is 2. The smallest absolute Gasteiger partial charge is 0.187 e. The summed E-state index contributed by atoms with van der Waals surface area (Å²) in [6.45, 7) is 2.73. The molecule has 5 aliphatic heterocycles. The van der Waals surface area contributed by atoms with Crippen LogP contribution in [0.5, 0.6) is 11.5 Å². The first-order chi connectivity index (χ1) is 27.7. The number of nitrogens with two attached hydrogens (primary N) is 1. The van der Waals surface area contributed by atoms with Gasteiger partial charge in [-0.2, -0.15) is 0 Å². The fourth-order valence-corrected chi connectivity index (χ4v) is 10.6. The maximum absolute atomic E-state index is 13.1. The van der Waals surface area contributed by atoms with Gasteiger partial charge in [0.05, 0.1) is 29.7 Å². The van der Waals surface area contributed by atoms with Gasteiger partial charge in [-0.15, -0.1) is 0 Å². The molecule has 2 aromatic rings. The molecule has 5 heterocycles. The largest absolute Gasteiger partial charge is 0.465 e. The molecule has 1 spiro atoms. The van der Waals surface area contributed by atoms with Crippen molar-refractivity contribution in [2.75, 3.05) is 6.54 Å². The molecule has 9 heteroatoms. The molecule has 0 aromatic heterocycles. The third-order valence-electron chi connectivity index (χ3n) is 13.8. The first-order valence-electron chi connectivity index (χ1n) is 20.9. The van der Waals surface area contributed by atoms with Crippen LogP contribution in [0.25, 0.3) is 5.57 Å². The number of Topliss-reactive ketones (excluding diaryl/α,β-unsaturated/α-hetero) is 1. The van der Waals surface area contributed by atoms with Crippen LogP contribution in [0, 0.1) is 47.0 Å². The minimum atomic E-state index is -1.04. The second-order valence-corrected chi connectivity index (χ2v) is 17.4. The highest BCUT2D eigenvalue weighted by atomic mass is 16.5. The lowest BCUT2D eigenvalue weighted by atomic mass is 9.70. The minimum absolute atomic E-state index is 0.0216. The molecule has 1 saturated carbocycles. The average molecular weight is 763 g/mol. The molecule has 9 nitrogen and oxygen atoms in total. The van der Waals surface area contributed by atoms with E-state index in [0.29, 0.717) is 36.8 Å². The number of aliphatic hydroxyl groups excluding tert-OH is 2. The van der Waals surface area contributed by atoms with Crippen molar-refractivity contribution in [1.29, 1.82) is 0 Å². The number of aliphatic hydroxyl groups is 2. The summed E-state index contributed by atoms with van der Waals surface area (Å²) in [5.74, 6) is 11.8. The maximum Gasteiger partial charge on any atom is 0.187 e. The normalized spacial score (nSPS) is 30.0. The summed E-state index contributed by atoms with van der Waals surface area (Å²) < 4.78 is 13.3. The zero-order valence-corrected chi connectivity index (χ0v) is 32.5. The van der Waals surface area contributed by atoms with Crippen LogP contribution in [0.1, 0.15) is 117 Å². The maximum atomic E-state index is 13.1. The van der Waals surface area contributed by atoms with Crippen LogP contribution in [-0.2, 0) is 11.2 Å². The SMILES string of the molecule is C[C@H]1C=C[C@H]([C@@H](O)CC(=O)CCc2ccc3c(c2)O[C@H]2[C@@H](C#C[C@H](O)c4ccc5c6c4[C@H](CCC6=CN[C@@H]5N)C4=CN=C5CN2C=C45)C2(C#CO3)CCCC2)CC1. The van der Waals surface area contributed by atoms with E-state index >= 15 is 0 Å². The molecule has 0 amide bonds. The first-order valence-corrected chi connectivity index (χ1v) is 20.9. The summed E-state index contributed by atoms with van der Waals surface area (Å²) in [6, 6.07) is 9.88. The Morgan fingerprint density at radius 2 is 1.96 bits per heavy atom. The number of hydrogen-bond donors (Lipinski definition) is 4. The third kappa shape index (κ3) is 6.41. The van der Waals surface area contributed by atoms with E-state index < -0.39 is 29.8 Å². The highest BCUT2D eigenvalue weighted by Crippen LogP contribution is 2.53. The molecule has 10 rings (SSSR count). The van der Waals surface area contributed by atoms with Crippen LogP contribution in [0.4, 0.5) is 0 Å². The summed E-state index contributed by atoms with van der Waals surface area (Å²) in [4.78, 5) is 20.4. The van der Waals surface area contributed by atoms with Gasteiger partial charge in [0, 0.05) is 48.9 Å². The number of carbonyl (C=O) groups is 1. The van der Waals surface area contributed by atoms with Crippen molar-refractivity contribution in [3.63, 3.8) is 0 Å². The molecule has 8 aliphatic rings. The van der Waals surface area contributed by atoms with Crippen molar-refractivity contribution < 1.29 is 24.5 Å². The van der Waals surface area contributed by atoms with E-state index in [1.54, 1.807) is 0 Å². The van der Waals surface area contributed by atoms with E-state index in [2.05, 4.69) is 59.4 Å².